The zero-order chi connectivity index (χ0) is 28.2. The quantitative estimate of drug-likeness (QED) is 0.133. The van der Waals surface area contributed by atoms with Crippen LogP contribution in [0.1, 0.15) is 0 Å². The lowest BCUT2D eigenvalue weighted by Crippen LogP contribution is -2.75. The van der Waals surface area contributed by atoms with Crippen molar-refractivity contribution in [2.45, 2.75) is 91.3 Å². The maximum atomic E-state index is 11.8. The number of hydrogen-bond acceptors (Lipinski definition) is 19. The number of aliphatic hydroxyl groups excluding tert-OH is 7. The summed E-state index contributed by atoms with van der Waals surface area (Å²) in [5, 5.41) is 81.6. The highest BCUT2D eigenvalue weighted by atomic mass is 32.2. The van der Waals surface area contributed by atoms with Crippen molar-refractivity contribution < 1.29 is 77.1 Å². The minimum absolute atomic E-state index is 0.694. The van der Waals surface area contributed by atoms with E-state index >= 15 is 0 Å². The number of aliphatic hydroxyl groups is 8. The van der Waals surface area contributed by atoms with E-state index in [1.165, 1.54) is 0 Å². The zero-order valence-corrected chi connectivity index (χ0v) is 20.4. The topological polar surface area (TPSA) is 322 Å². The van der Waals surface area contributed by atoms with Gasteiger partial charge in [0.1, 0.15) is 49.3 Å². The van der Waals surface area contributed by atoms with Crippen molar-refractivity contribution in [3.05, 3.63) is 0 Å². The molecule has 4 fully saturated rings. The average Bonchev–Trinajstić information content (AvgIpc) is 3.16. The largest absolute Gasteiger partial charge is 0.394 e. The van der Waals surface area contributed by atoms with E-state index in [1.807, 2.05) is 0 Å². The predicted octanol–water partition coefficient (Wildman–Crippen LogP) is -8.39. The highest BCUT2D eigenvalue weighted by molar-refractivity contribution is 7.75. The number of rotatable bonds is 7. The van der Waals surface area contributed by atoms with Gasteiger partial charge < -0.3 is 81.7 Å². The third kappa shape index (κ3) is 4.92. The van der Waals surface area contributed by atoms with E-state index in [0.717, 1.165) is 0 Å². The fourth-order valence-electron chi connectivity index (χ4n) is 4.66. The number of fused-ring (bicyclic) bond motifs is 1. The highest BCUT2D eigenvalue weighted by Crippen LogP contribution is 2.46. The Morgan fingerprint density at radius 1 is 0.789 bits per heavy atom. The average molecular weight is 580 g/mol. The lowest BCUT2D eigenvalue weighted by atomic mass is 9.90. The summed E-state index contributed by atoms with van der Waals surface area (Å²) in [5.74, 6) is -5.44. The maximum absolute atomic E-state index is 11.8. The Kier molecular flexibility index (Phi) is 9.09. The molecule has 4 saturated heterocycles. The van der Waals surface area contributed by atoms with Crippen molar-refractivity contribution in [3.63, 3.8) is 0 Å². The molecule has 0 aromatic rings. The van der Waals surface area contributed by atoms with Crippen LogP contribution in [0.4, 0.5) is 0 Å². The molecule has 222 valence electrons. The van der Waals surface area contributed by atoms with E-state index in [0.29, 0.717) is 0 Å². The van der Waals surface area contributed by atoms with E-state index in [2.05, 4.69) is 4.18 Å². The molecule has 14 N–H and O–H groups in total. The molecular formula is C18H33N3O16S. The van der Waals surface area contributed by atoms with Crippen LogP contribution in [0, 0.1) is 0 Å². The molecule has 0 bridgehead atoms. The first-order chi connectivity index (χ1) is 17.8. The first kappa shape index (κ1) is 30.4. The normalized spacial score (nSPS) is 55.6. The number of hydrogen-bond donors (Lipinski definition) is 11. The van der Waals surface area contributed by atoms with Gasteiger partial charge in [-0.2, -0.15) is 4.21 Å². The summed E-state index contributed by atoms with van der Waals surface area (Å²) in [6.07, 6.45) is -15.8. The fourth-order valence-corrected chi connectivity index (χ4v) is 5.56. The lowest BCUT2D eigenvalue weighted by molar-refractivity contribution is -0.434. The molecule has 0 aromatic carbocycles. The molecule has 4 heterocycles. The summed E-state index contributed by atoms with van der Waals surface area (Å²) < 4.78 is 48.7. The van der Waals surface area contributed by atoms with Gasteiger partial charge in [0.15, 0.2) is 18.9 Å². The lowest BCUT2D eigenvalue weighted by Gasteiger charge is -2.50. The van der Waals surface area contributed by atoms with Crippen LogP contribution < -0.4 is 17.2 Å². The molecule has 0 aromatic heterocycles. The predicted molar refractivity (Wildman–Crippen MR) is 115 cm³/mol. The molecule has 4 aliphatic heterocycles. The summed E-state index contributed by atoms with van der Waals surface area (Å²) in [6, 6.07) is -4.39. The third-order valence-corrected chi connectivity index (χ3v) is 7.74. The Morgan fingerprint density at radius 3 is 1.92 bits per heavy atom. The Hall–Kier alpha value is -0.570. The molecule has 4 rings (SSSR count). The molecule has 0 aliphatic carbocycles. The SMILES string of the molecule is N[C@H]1[C@@H](OC2[C@@H](CO)O[C@@H](OC3[C@@H](CO)O[C@@H](O)[C@H](N)[C@H]3O)[C@H](N)[C@H]2O)O[C@]2(CO)OS(=O)O[C@@]2(O)[C@@H]1O. The van der Waals surface area contributed by atoms with Crippen LogP contribution in [0.5, 0.6) is 0 Å². The number of ether oxygens (including phenoxy) is 5. The second-order valence-electron chi connectivity index (χ2n) is 9.30. The first-order valence-corrected chi connectivity index (χ1v) is 12.5. The molecule has 4 aliphatic rings. The summed E-state index contributed by atoms with van der Waals surface area (Å²) in [7, 11) is 0. The summed E-state index contributed by atoms with van der Waals surface area (Å²) in [6.45, 7) is -2.67. The molecule has 0 amide bonds. The van der Waals surface area contributed by atoms with Gasteiger partial charge in [0.2, 0.25) is 0 Å². The third-order valence-electron chi connectivity index (χ3n) is 6.94. The molecule has 19 nitrogen and oxygen atoms in total. The maximum Gasteiger partial charge on any atom is 0.310 e. The van der Waals surface area contributed by atoms with E-state index in [1.54, 1.807) is 0 Å². The van der Waals surface area contributed by atoms with Crippen molar-refractivity contribution >= 4 is 11.4 Å². The van der Waals surface area contributed by atoms with Crippen LogP contribution in [0.3, 0.4) is 0 Å². The summed E-state index contributed by atoms with van der Waals surface area (Å²) in [4.78, 5) is 0. The van der Waals surface area contributed by atoms with E-state index in [9.17, 15) is 45.1 Å². The van der Waals surface area contributed by atoms with Crippen LogP contribution in [-0.2, 0) is 43.4 Å². The summed E-state index contributed by atoms with van der Waals surface area (Å²) >= 11 is -2.65. The number of nitrogens with two attached hydrogens (primary N) is 3. The van der Waals surface area contributed by atoms with Gasteiger partial charge in [-0.3, -0.25) is 0 Å². The first-order valence-electron chi connectivity index (χ1n) is 11.5. The van der Waals surface area contributed by atoms with Crippen LogP contribution >= 0.6 is 0 Å². The zero-order valence-electron chi connectivity index (χ0n) is 19.6. The smallest absolute Gasteiger partial charge is 0.310 e. The Bertz CT molecular complexity index is 860. The van der Waals surface area contributed by atoms with Gasteiger partial charge in [-0.15, -0.1) is 0 Å². The molecule has 0 radical (unpaired) electrons. The van der Waals surface area contributed by atoms with Crippen molar-refractivity contribution in [1.29, 1.82) is 0 Å². The van der Waals surface area contributed by atoms with Gasteiger partial charge in [-0.1, -0.05) is 0 Å². The minimum atomic E-state index is -2.85. The van der Waals surface area contributed by atoms with Gasteiger partial charge in [0, 0.05) is 0 Å². The summed E-state index contributed by atoms with van der Waals surface area (Å²) in [5.41, 5.74) is 17.7. The van der Waals surface area contributed by atoms with Crippen molar-refractivity contribution in [2.24, 2.45) is 17.2 Å². The molecule has 20 heteroatoms. The van der Waals surface area contributed by atoms with E-state index in [-0.39, 0.29) is 0 Å². The van der Waals surface area contributed by atoms with Crippen molar-refractivity contribution in [2.75, 3.05) is 19.8 Å². The Balaban J connectivity index is 1.50. The Labute approximate surface area is 217 Å². The molecule has 0 saturated carbocycles. The van der Waals surface area contributed by atoms with Crippen molar-refractivity contribution in [3.8, 4) is 0 Å². The van der Waals surface area contributed by atoms with Crippen LogP contribution in [-0.4, -0.2) is 156 Å². The second-order valence-corrected chi connectivity index (χ2v) is 10.0. The highest BCUT2D eigenvalue weighted by Gasteiger charge is 2.72. The van der Waals surface area contributed by atoms with Gasteiger partial charge in [-0.05, 0) is 0 Å². The standard InChI is InChI=1S/C18H33N3O16S/c19-6-9(25)11(4(1-22)31-14(6)28)33-15-7(20)10(26)12(5(2-23)32-15)34-16-8(21)13(27)18(29)17(3-24,35-16)36-38(30)37-18/h4-16,22-29H,1-3,19-21H2/t4-,5-,6-,7-,8-,9-,10-,11?,12?,13-,14-,15+,16+,17-,18+,38?/m1/s1. The van der Waals surface area contributed by atoms with E-state index in [4.69, 9.17) is 45.1 Å². The van der Waals surface area contributed by atoms with Gasteiger partial charge in [0.05, 0.1) is 31.3 Å². The van der Waals surface area contributed by atoms with Crippen LogP contribution in [0.15, 0.2) is 0 Å². The van der Waals surface area contributed by atoms with Crippen LogP contribution in [0.25, 0.3) is 0 Å². The van der Waals surface area contributed by atoms with E-state index < -0.39 is 122 Å². The second kappa shape index (κ2) is 11.4. The molecule has 38 heavy (non-hydrogen) atoms. The van der Waals surface area contributed by atoms with Crippen molar-refractivity contribution in [1.82, 2.24) is 0 Å². The minimum Gasteiger partial charge on any atom is -0.394 e. The monoisotopic (exact) mass is 579 g/mol. The van der Waals surface area contributed by atoms with Gasteiger partial charge in [0.25, 0.3) is 11.6 Å². The Morgan fingerprint density at radius 2 is 1.34 bits per heavy atom. The molecular weight excluding hydrogens is 546 g/mol. The van der Waals surface area contributed by atoms with Crippen LogP contribution in [0.2, 0.25) is 0 Å². The molecule has 16 atom stereocenters. The molecule has 0 spiro atoms. The van der Waals surface area contributed by atoms with Gasteiger partial charge >= 0.3 is 11.4 Å². The fraction of sp³-hybridized carbons (Fsp3) is 1.00. The molecule has 3 unspecified atom stereocenters. The van der Waals surface area contributed by atoms with Gasteiger partial charge in [-0.25, -0.2) is 8.37 Å².